The summed E-state index contributed by atoms with van der Waals surface area (Å²) in [7, 11) is 0. The Hall–Kier alpha value is -2.87. The fraction of sp³-hybridized carbons (Fsp3) is 0.594. The van der Waals surface area contributed by atoms with Gasteiger partial charge in [-0.2, -0.15) is 5.26 Å². The second-order valence-corrected chi connectivity index (χ2v) is 10.6. The van der Waals surface area contributed by atoms with Gasteiger partial charge in [0.2, 0.25) is 0 Å². The summed E-state index contributed by atoms with van der Waals surface area (Å²) >= 11 is 0. The first-order valence-electron chi connectivity index (χ1n) is 14.4. The Morgan fingerprint density at radius 3 is 2.19 bits per heavy atom. The number of pyridine rings is 1. The van der Waals surface area contributed by atoms with Gasteiger partial charge in [0.1, 0.15) is 11.5 Å². The van der Waals surface area contributed by atoms with Crippen molar-refractivity contribution in [1.82, 2.24) is 4.98 Å². The quantitative estimate of drug-likeness (QED) is 0.138. The summed E-state index contributed by atoms with van der Waals surface area (Å²) in [6.45, 7) is 5.08. The molecule has 1 aliphatic carbocycles. The molecule has 5 heteroatoms. The number of hydrogen-bond donors (Lipinski definition) is 0. The van der Waals surface area contributed by atoms with Gasteiger partial charge < -0.3 is 9.47 Å². The Bertz CT molecular complexity index is 971. The second kappa shape index (κ2) is 15.4. The zero-order valence-electron chi connectivity index (χ0n) is 22.8. The first kappa shape index (κ1) is 28.7. The minimum Gasteiger partial charge on any atom is -0.492 e. The third-order valence-electron chi connectivity index (χ3n) is 7.64. The number of aromatic nitrogens is 1. The maximum absolute atomic E-state index is 12.8. The highest BCUT2D eigenvalue weighted by Crippen LogP contribution is 2.43. The molecular formula is C32H44N2O3. The number of carbonyl (C=O) groups is 1. The Morgan fingerprint density at radius 1 is 0.919 bits per heavy atom. The van der Waals surface area contributed by atoms with Gasteiger partial charge in [0.05, 0.1) is 35.9 Å². The van der Waals surface area contributed by atoms with Crippen LogP contribution >= 0.6 is 0 Å². The molecule has 0 bridgehead atoms. The van der Waals surface area contributed by atoms with Gasteiger partial charge in [-0.3, -0.25) is 9.78 Å². The van der Waals surface area contributed by atoms with E-state index >= 15 is 0 Å². The van der Waals surface area contributed by atoms with Crippen molar-refractivity contribution in [2.24, 2.45) is 11.3 Å². The second-order valence-electron chi connectivity index (χ2n) is 10.6. The molecule has 1 heterocycles. The van der Waals surface area contributed by atoms with Gasteiger partial charge in [0, 0.05) is 5.56 Å². The minimum atomic E-state index is -0.258. The standard InChI is InChI=1S/C32H44N2O3/c1-3-5-7-8-9-10-11-20-32(25-33)21-18-27(19-22-32)31(35)37-28-14-12-26(13-15-28)30-17-16-29(24-34-30)36-23-6-4-2/h12-17,24,27H,3-11,18-23H2,1-2H3. The molecule has 1 aromatic carbocycles. The Labute approximate surface area is 223 Å². The largest absolute Gasteiger partial charge is 0.492 e. The van der Waals surface area contributed by atoms with Gasteiger partial charge in [-0.1, -0.05) is 65.2 Å². The zero-order valence-corrected chi connectivity index (χ0v) is 22.8. The molecule has 1 fully saturated rings. The highest BCUT2D eigenvalue weighted by atomic mass is 16.5. The lowest BCUT2D eigenvalue weighted by Gasteiger charge is -2.34. The molecule has 0 amide bonds. The normalized spacial score (nSPS) is 19.2. The number of nitriles is 1. The van der Waals surface area contributed by atoms with Crippen molar-refractivity contribution in [2.45, 2.75) is 104 Å². The van der Waals surface area contributed by atoms with E-state index in [1.54, 1.807) is 6.20 Å². The van der Waals surface area contributed by atoms with E-state index < -0.39 is 0 Å². The van der Waals surface area contributed by atoms with E-state index in [4.69, 9.17) is 9.47 Å². The summed E-state index contributed by atoms with van der Waals surface area (Å²) in [5.74, 6) is 1.02. The van der Waals surface area contributed by atoms with Crippen LogP contribution in [0.1, 0.15) is 104 Å². The lowest BCUT2D eigenvalue weighted by Crippen LogP contribution is -2.31. The van der Waals surface area contributed by atoms with Crippen molar-refractivity contribution >= 4 is 5.97 Å². The molecular weight excluding hydrogens is 460 g/mol. The average molecular weight is 505 g/mol. The van der Waals surface area contributed by atoms with E-state index in [-0.39, 0.29) is 17.3 Å². The van der Waals surface area contributed by atoms with Crippen LogP contribution in [0.15, 0.2) is 42.6 Å². The topological polar surface area (TPSA) is 72.2 Å². The van der Waals surface area contributed by atoms with Crippen LogP contribution in [0.25, 0.3) is 11.3 Å². The first-order chi connectivity index (χ1) is 18.1. The van der Waals surface area contributed by atoms with Crippen LogP contribution in [0.2, 0.25) is 0 Å². The average Bonchev–Trinajstić information content (AvgIpc) is 2.94. The highest BCUT2D eigenvalue weighted by Gasteiger charge is 2.37. The minimum absolute atomic E-state index is 0.128. The Balaban J connectivity index is 1.43. The number of benzene rings is 1. The third kappa shape index (κ3) is 9.18. The van der Waals surface area contributed by atoms with Crippen molar-refractivity contribution < 1.29 is 14.3 Å². The van der Waals surface area contributed by atoms with Crippen molar-refractivity contribution in [3.8, 4) is 28.8 Å². The monoisotopic (exact) mass is 504 g/mol. The molecule has 0 aliphatic heterocycles. The smallest absolute Gasteiger partial charge is 0.314 e. The number of esters is 1. The number of carbonyl (C=O) groups excluding carboxylic acids is 1. The molecule has 2 aromatic rings. The molecule has 3 rings (SSSR count). The summed E-state index contributed by atoms with van der Waals surface area (Å²) in [6, 6.07) is 14.0. The molecule has 5 nitrogen and oxygen atoms in total. The molecule has 1 saturated carbocycles. The summed E-state index contributed by atoms with van der Waals surface area (Å²) in [4.78, 5) is 17.3. The Morgan fingerprint density at radius 2 is 1.57 bits per heavy atom. The molecule has 0 N–H and O–H groups in total. The molecule has 0 atom stereocenters. The van der Waals surface area contributed by atoms with E-state index in [2.05, 4.69) is 24.9 Å². The molecule has 0 radical (unpaired) electrons. The number of nitrogens with zero attached hydrogens (tertiary/aromatic N) is 2. The van der Waals surface area contributed by atoms with Crippen LogP contribution in [-0.4, -0.2) is 17.6 Å². The molecule has 0 saturated heterocycles. The number of hydrogen-bond acceptors (Lipinski definition) is 5. The van der Waals surface area contributed by atoms with Gasteiger partial charge in [-0.25, -0.2) is 0 Å². The van der Waals surface area contributed by atoms with Crippen LogP contribution in [-0.2, 0) is 4.79 Å². The first-order valence-corrected chi connectivity index (χ1v) is 14.4. The van der Waals surface area contributed by atoms with Crippen molar-refractivity contribution in [3.63, 3.8) is 0 Å². The van der Waals surface area contributed by atoms with E-state index in [9.17, 15) is 10.1 Å². The lowest BCUT2D eigenvalue weighted by atomic mass is 9.69. The van der Waals surface area contributed by atoms with E-state index in [0.717, 1.165) is 68.4 Å². The molecule has 1 aliphatic rings. The third-order valence-corrected chi connectivity index (χ3v) is 7.64. The van der Waals surface area contributed by atoms with Crippen molar-refractivity contribution in [2.75, 3.05) is 6.61 Å². The predicted octanol–water partition coefficient (Wildman–Crippen LogP) is 8.67. The lowest BCUT2D eigenvalue weighted by molar-refractivity contribution is -0.140. The number of unbranched alkanes of at least 4 members (excludes halogenated alkanes) is 7. The molecule has 200 valence electrons. The molecule has 0 spiro atoms. The zero-order chi connectivity index (χ0) is 26.3. The van der Waals surface area contributed by atoms with Crippen LogP contribution in [0.5, 0.6) is 11.5 Å². The van der Waals surface area contributed by atoms with Crippen LogP contribution in [0.3, 0.4) is 0 Å². The fourth-order valence-electron chi connectivity index (χ4n) is 5.11. The van der Waals surface area contributed by atoms with Gasteiger partial charge in [-0.05, 0) is 74.9 Å². The number of rotatable bonds is 15. The summed E-state index contributed by atoms with van der Waals surface area (Å²) in [6.07, 6.45) is 16.7. The van der Waals surface area contributed by atoms with E-state index in [1.807, 2.05) is 36.4 Å². The molecule has 0 unspecified atom stereocenters. The van der Waals surface area contributed by atoms with E-state index in [0.29, 0.717) is 12.4 Å². The SMILES string of the molecule is CCCCCCCCCC1(C#N)CCC(C(=O)Oc2ccc(-c3ccc(OCCCC)cn3)cc2)CC1. The highest BCUT2D eigenvalue weighted by molar-refractivity contribution is 5.75. The molecule has 1 aromatic heterocycles. The van der Waals surface area contributed by atoms with Crippen molar-refractivity contribution in [1.29, 1.82) is 5.26 Å². The van der Waals surface area contributed by atoms with Crippen LogP contribution in [0.4, 0.5) is 0 Å². The van der Waals surface area contributed by atoms with Gasteiger partial charge in [0.15, 0.2) is 0 Å². The van der Waals surface area contributed by atoms with Crippen LogP contribution < -0.4 is 9.47 Å². The maximum Gasteiger partial charge on any atom is 0.314 e. The summed E-state index contributed by atoms with van der Waals surface area (Å²) < 4.78 is 11.4. The number of ether oxygens (including phenoxy) is 2. The van der Waals surface area contributed by atoms with Gasteiger partial charge in [0.25, 0.3) is 0 Å². The summed E-state index contributed by atoms with van der Waals surface area (Å²) in [5, 5.41) is 9.88. The summed E-state index contributed by atoms with van der Waals surface area (Å²) in [5.41, 5.74) is 1.55. The van der Waals surface area contributed by atoms with Crippen LogP contribution in [0, 0.1) is 22.7 Å². The van der Waals surface area contributed by atoms with Gasteiger partial charge >= 0.3 is 5.97 Å². The molecule has 37 heavy (non-hydrogen) atoms. The predicted molar refractivity (Wildman–Crippen MR) is 148 cm³/mol. The van der Waals surface area contributed by atoms with Crippen molar-refractivity contribution in [3.05, 3.63) is 42.6 Å². The fourth-order valence-corrected chi connectivity index (χ4v) is 5.11. The van der Waals surface area contributed by atoms with E-state index in [1.165, 1.54) is 38.5 Å². The Kier molecular flexibility index (Phi) is 11.9. The van der Waals surface area contributed by atoms with Gasteiger partial charge in [-0.15, -0.1) is 0 Å². The maximum atomic E-state index is 12.8.